The van der Waals surface area contributed by atoms with E-state index in [0.29, 0.717) is 11.8 Å². The second-order valence-electron chi connectivity index (χ2n) is 9.20. The lowest BCUT2D eigenvalue weighted by atomic mass is 9.99. The van der Waals surface area contributed by atoms with Crippen molar-refractivity contribution in [1.29, 1.82) is 0 Å². The Morgan fingerprint density at radius 3 is 2.42 bits per heavy atom. The standard InChI is InChI=1S/C25H26F3N5O4S/c1-15(34)33-13-18(29-22-12-23(25(26,27)28)31-21-9-4-3-8-20(21)22)11-19(14-33)30-24(35)16-6-5-7-17(10-16)32-38(2,36)37/h3-10,12,18-19,32H,11,13-14H2,1-2H3,(H,29,31)(H,30,35)/t18-,19+/m1/s1. The average molecular weight is 550 g/mol. The lowest BCUT2D eigenvalue weighted by Gasteiger charge is -2.38. The first-order valence-corrected chi connectivity index (χ1v) is 13.6. The zero-order valence-electron chi connectivity index (χ0n) is 20.5. The van der Waals surface area contributed by atoms with E-state index in [-0.39, 0.29) is 41.5 Å². The number of pyridine rings is 1. The van der Waals surface area contributed by atoms with Crippen molar-refractivity contribution < 1.29 is 31.2 Å². The number of likely N-dealkylation sites (tertiary alicyclic amines) is 1. The molecule has 3 aromatic rings. The fraction of sp³-hybridized carbons (Fsp3) is 0.320. The Balaban J connectivity index is 1.56. The minimum atomic E-state index is -4.64. The molecule has 1 aliphatic rings. The number of halogens is 3. The first-order valence-electron chi connectivity index (χ1n) is 11.7. The number of para-hydroxylation sites is 1. The molecule has 1 aromatic heterocycles. The molecule has 13 heteroatoms. The lowest BCUT2D eigenvalue weighted by Crippen LogP contribution is -2.55. The fourth-order valence-corrected chi connectivity index (χ4v) is 4.99. The summed E-state index contributed by atoms with van der Waals surface area (Å²) in [7, 11) is -3.54. The van der Waals surface area contributed by atoms with Crippen LogP contribution in [0.5, 0.6) is 0 Å². The summed E-state index contributed by atoms with van der Waals surface area (Å²) in [5.74, 6) is -0.726. The molecule has 2 aromatic carbocycles. The molecule has 0 spiro atoms. The third kappa shape index (κ3) is 6.71. The molecule has 0 unspecified atom stereocenters. The molecule has 3 N–H and O–H groups in total. The third-order valence-electron chi connectivity index (χ3n) is 6.03. The lowest BCUT2D eigenvalue weighted by molar-refractivity contribution is -0.140. The van der Waals surface area contributed by atoms with Crippen LogP contribution in [0.4, 0.5) is 24.5 Å². The Kier molecular flexibility index (Phi) is 7.49. The first-order chi connectivity index (χ1) is 17.8. The van der Waals surface area contributed by atoms with Crippen molar-refractivity contribution >= 4 is 44.1 Å². The summed E-state index contributed by atoms with van der Waals surface area (Å²) in [6.07, 6.45) is -3.32. The van der Waals surface area contributed by atoms with Crippen LogP contribution in [0.3, 0.4) is 0 Å². The largest absolute Gasteiger partial charge is 0.433 e. The molecule has 0 aliphatic carbocycles. The summed E-state index contributed by atoms with van der Waals surface area (Å²) in [5, 5.41) is 6.49. The number of hydrogen-bond donors (Lipinski definition) is 3. The van der Waals surface area contributed by atoms with Crippen molar-refractivity contribution in [2.45, 2.75) is 31.6 Å². The normalized spacial score (nSPS) is 18.2. The number of fused-ring (bicyclic) bond motifs is 1. The molecule has 9 nitrogen and oxygen atoms in total. The van der Waals surface area contributed by atoms with Crippen LogP contribution in [0.2, 0.25) is 0 Å². The highest BCUT2D eigenvalue weighted by Gasteiger charge is 2.34. The fourth-order valence-electron chi connectivity index (χ4n) is 4.43. The van der Waals surface area contributed by atoms with E-state index in [1.807, 2.05) is 0 Å². The third-order valence-corrected chi connectivity index (χ3v) is 6.63. The van der Waals surface area contributed by atoms with Gasteiger partial charge < -0.3 is 15.5 Å². The number of benzene rings is 2. The number of nitrogens with one attached hydrogen (secondary N) is 3. The molecule has 2 amide bonds. The van der Waals surface area contributed by atoms with Crippen molar-refractivity contribution in [1.82, 2.24) is 15.2 Å². The number of piperidine rings is 1. The number of carbonyl (C=O) groups is 2. The van der Waals surface area contributed by atoms with E-state index in [4.69, 9.17) is 0 Å². The van der Waals surface area contributed by atoms with Crippen LogP contribution in [-0.4, -0.2) is 61.5 Å². The SMILES string of the molecule is CC(=O)N1C[C@@H](NC(=O)c2cccc(NS(C)(=O)=O)c2)C[C@@H](Nc2cc(C(F)(F)F)nc3ccccc23)C1. The van der Waals surface area contributed by atoms with Gasteiger partial charge in [-0.2, -0.15) is 13.2 Å². The van der Waals surface area contributed by atoms with Crippen molar-refractivity contribution in [3.8, 4) is 0 Å². The molecule has 2 heterocycles. The maximum atomic E-state index is 13.5. The highest BCUT2D eigenvalue weighted by atomic mass is 32.2. The van der Waals surface area contributed by atoms with Crippen molar-refractivity contribution in [2.24, 2.45) is 0 Å². The molecule has 38 heavy (non-hydrogen) atoms. The molecule has 4 rings (SSSR count). The Morgan fingerprint density at radius 1 is 1.03 bits per heavy atom. The van der Waals surface area contributed by atoms with E-state index < -0.39 is 39.9 Å². The summed E-state index contributed by atoms with van der Waals surface area (Å²) in [6.45, 7) is 1.82. The van der Waals surface area contributed by atoms with E-state index >= 15 is 0 Å². The number of nitrogens with zero attached hydrogens (tertiary/aromatic N) is 2. The van der Waals surface area contributed by atoms with Gasteiger partial charge in [0.15, 0.2) is 0 Å². The summed E-state index contributed by atoms with van der Waals surface area (Å²) in [4.78, 5) is 30.4. The van der Waals surface area contributed by atoms with Crippen LogP contribution >= 0.6 is 0 Å². The van der Waals surface area contributed by atoms with Crippen molar-refractivity contribution in [3.63, 3.8) is 0 Å². The van der Waals surface area contributed by atoms with Gasteiger partial charge in [-0.15, -0.1) is 0 Å². The van der Waals surface area contributed by atoms with Gasteiger partial charge in [0.05, 0.1) is 11.8 Å². The predicted molar refractivity (Wildman–Crippen MR) is 137 cm³/mol. The number of amides is 2. The van der Waals surface area contributed by atoms with E-state index in [1.54, 1.807) is 18.2 Å². The van der Waals surface area contributed by atoms with Crippen molar-refractivity contribution in [3.05, 3.63) is 65.9 Å². The number of anilines is 2. The zero-order valence-corrected chi connectivity index (χ0v) is 21.4. The molecular weight excluding hydrogens is 523 g/mol. The molecule has 1 aliphatic heterocycles. The molecule has 0 saturated carbocycles. The maximum Gasteiger partial charge on any atom is 0.433 e. The van der Waals surface area contributed by atoms with Crippen LogP contribution in [0.15, 0.2) is 54.6 Å². The number of sulfonamides is 1. The molecule has 0 radical (unpaired) electrons. The average Bonchev–Trinajstić information content (AvgIpc) is 2.82. The van der Waals surface area contributed by atoms with Gasteiger partial charge in [0.2, 0.25) is 15.9 Å². The van der Waals surface area contributed by atoms with Gasteiger partial charge in [0, 0.05) is 54.4 Å². The first kappa shape index (κ1) is 27.2. The number of rotatable bonds is 6. The Morgan fingerprint density at radius 2 is 1.74 bits per heavy atom. The van der Waals surface area contributed by atoms with Gasteiger partial charge in [-0.3, -0.25) is 14.3 Å². The van der Waals surface area contributed by atoms with Gasteiger partial charge in [-0.05, 0) is 36.8 Å². The van der Waals surface area contributed by atoms with Gasteiger partial charge in [-0.25, -0.2) is 13.4 Å². The van der Waals surface area contributed by atoms with Crippen LogP contribution in [-0.2, 0) is 21.0 Å². The number of hydrogen-bond acceptors (Lipinski definition) is 6. The van der Waals surface area contributed by atoms with E-state index in [0.717, 1.165) is 12.3 Å². The van der Waals surface area contributed by atoms with Crippen LogP contribution < -0.4 is 15.4 Å². The predicted octanol–water partition coefficient (Wildman–Crippen LogP) is 3.46. The summed E-state index contributed by atoms with van der Waals surface area (Å²) >= 11 is 0. The number of alkyl halides is 3. The Bertz CT molecular complexity index is 1480. The quantitative estimate of drug-likeness (QED) is 0.433. The molecule has 1 fully saturated rings. The number of aromatic nitrogens is 1. The van der Waals surface area contributed by atoms with Gasteiger partial charge in [0.1, 0.15) is 5.69 Å². The smallest absolute Gasteiger partial charge is 0.380 e. The van der Waals surface area contributed by atoms with Crippen molar-refractivity contribution in [2.75, 3.05) is 29.4 Å². The molecule has 0 bridgehead atoms. The Labute approximate surface area is 217 Å². The topological polar surface area (TPSA) is 121 Å². The van der Waals surface area contributed by atoms with Crippen LogP contribution in [0.25, 0.3) is 10.9 Å². The molecule has 1 saturated heterocycles. The summed E-state index contributed by atoms with van der Waals surface area (Å²) in [5.41, 5.74) is -0.207. The minimum absolute atomic E-state index is 0.177. The van der Waals surface area contributed by atoms with Gasteiger partial charge >= 0.3 is 6.18 Å². The van der Waals surface area contributed by atoms with Gasteiger partial charge in [0.25, 0.3) is 5.91 Å². The van der Waals surface area contributed by atoms with E-state index in [2.05, 4.69) is 20.3 Å². The molecular formula is C25H26F3N5O4S. The van der Waals surface area contributed by atoms with Gasteiger partial charge in [-0.1, -0.05) is 24.3 Å². The summed E-state index contributed by atoms with van der Waals surface area (Å²) < 4.78 is 65.8. The van der Waals surface area contributed by atoms with Crippen LogP contribution in [0, 0.1) is 0 Å². The second kappa shape index (κ2) is 10.5. The highest BCUT2D eigenvalue weighted by molar-refractivity contribution is 7.92. The zero-order chi connectivity index (χ0) is 27.7. The molecule has 202 valence electrons. The van der Waals surface area contributed by atoms with E-state index in [1.165, 1.54) is 42.2 Å². The monoisotopic (exact) mass is 549 g/mol. The van der Waals surface area contributed by atoms with Crippen LogP contribution in [0.1, 0.15) is 29.4 Å². The molecule has 2 atom stereocenters. The highest BCUT2D eigenvalue weighted by Crippen LogP contribution is 2.33. The maximum absolute atomic E-state index is 13.5. The van der Waals surface area contributed by atoms with E-state index in [9.17, 15) is 31.2 Å². The number of carbonyl (C=O) groups excluding carboxylic acids is 2. The Hall–Kier alpha value is -3.87. The second-order valence-corrected chi connectivity index (χ2v) is 10.9. The summed E-state index contributed by atoms with van der Waals surface area (Å²) in [6, 6.07) is 12.4. The minimum Gasteiger partial charge on any atom is -0.380 e.